The van der Waals surface area contributed by atoms with Crippen LogP contribution < -0.4 is 4.90 Å². The molecule has 0 radical (unpaired) electrons. The Labute approximate surface area is 110 Å². The summed E-state index contributed by atoms with van der Waals surface area (Å²) in [7, 11) is 0. The van der Waals surface area contributed by atoms with E-state index in [9.17, 15) is 4.79 Å². The van der Waals surface area contributed by atoms with Gasteiger partial charge in [0.25, 0.3) is 0 Å². The zero-order valence-electron chi connectivity index (χ0n) is 11.4. The van der Waals surface area contributed by atoms with Crippen molar-refractivity contribution >= 4 is 12.0 Å². The molecule has 0 aliphatic carbocycles. The van der Waals surface area contributed by atoms with Crippen molar-refractivity contribution < 1.29 is 14.9 Å². The molecule has 4 heteroatoms. The second-order valence-electron chi connectivity index (χ2n) is 5.29. The van der Waals surface area contributed by atoms with Gasteiger partial charge in [0.1, 0.15) is 6.21 Å². The lowest BCUT2D eigenvalue weighted by atomic mass is 10.1. The van der Waals surface area contributed by atoms with Gasteiger partial charge in [-0.1, -0.05) is 11.6 Å². The molecule has 0 aromatic heterocycles. The summed E-state index contributed by atoms with van der Waals surface area (Å²) in [6, 6.07) is 0. The lowest BCUT2D eigenvalue weighted by molar-refractivity contribution is -0.899. The van der Waals surface area contributed by atoms with Gasteiger partial charge in [-0.3, -0.25) is 4.79 Å². The first-order valence-corrected chi connectivity index (χ1v) is 7.37. The van der Waals surface area contributed by atoms with E-state index in [-0.39, 0.29) is 5.78 Å². The van der Waals surface area contributed by atoms with Crippen molar-refractivity contribution in [2.45, 2.75) is 57.8 Å². The largest absolute Gasteiger partial charge is 0.411 e. The summed E-state index contributed by atoms with van der Waals surface area (Å²) >= 11 is 0. The molecule has 4 nitrogen and oxygen atoms in total. The van der Waals surface area contributed by atoms with E-state index < -0.39 is 0 Å². The van der Waals surface area contributed by atoms with Crippen LogP contribution in [0.15, 0.2) is 5.16 Å². The molecule has 18 heavy (non-hydrogen) atoms. The van der Waals surface area contributed by atoms with E-state index in [1.807, 2.05) is 0 Å². The molecular weight excluding hydrogens is 228 g/mol. The van der Waals surface area contributed by atoms with Crippen LogP contribution in [0.25, 0.3) is 0 Å². The van der Waals surface area contributed by atoms with Crippen LogP contribution >= 0.6 is 0 Å². The average Bonchev–Trinajstić information content (AvgIpc) is 2.62. The number of nitrogens with zero attached hydrogens (tertiary/aromatic N) is 1. The summed E-state index contributed by atoms with van der Waals surface area (Å²) in [6.45, 7) is 4.00. The number of Topliss-reactive ketones (excluding diaryl/α,β-unsaturated/α-hetero) is 1. The number of rotatable bonds is 8. The molecular formula is C14H27N2O2+. The second kappa shape index (κ2) is 10.1. The van der Waals surface area contributed by atoms with E-state index >= 15 is 0 Å². The van der Waals surface area contributed by atoms with Gasteiger partial charge in [-0.25, -0.2) is 0 Å². The molecule has 0 unspecified atom stereocenters. The number of unbranched alkanes of at least 4 members (excludes halogenated alkanes) is 3. The van der Waals surface area contributed by atoms with Crippen LogP contribution in [0.2, 0.25) is 0 Å². The Balaban J connectivity index is 1.93. The van der Waals surface area contributed by atoms with Crippen LogP contribution in [0.3, 0.4) is 0 Å². The van der Waals surface area contributed by atoms with E-state index in [0.717, 1.165) is 19.1 Å². The van der Waals surface area contributed by atoms with E-state index in [2.05, 4.69) is 5.16 Å². The lowest BCUT2D eigenvalue weighted by Crippen LogP contribution is -3.11. The maximum atomic E-state index is 11.0. The van der Waals surface area contributed by atoms with Crippen molar-refractivity contribution in [2.24, 2.45) is 5.16 Å². The number of carbonyl (C=O) groups excluding carboxylic acids is 1. The monoisotopic (exact) mass is 255 g/mol. The number of carbonyl (C=O) groups is 1. The number of quaternary nitrogens is 1. The Hall–Kier alpha value is -0.900. The van der Waals surface area contributed by atoms with Gasteiger partial charge in [-0.2, -0.15) is 0 Å². The van der Waals surface area contributed by atoms with E-state index in [1.165, 1.54) is 58.2 Å². The molecule has 0 amide bonds. The molecule has 0 bridgehead atoms. The zero-order chi connectivity index (χ0) is 13.1. The van der Waals surface area contributed by atoms with E-state index in [4.69, 9.17) is 5.21 Å². The third kappa shape index (κ3) is 7.43. The predicted molar refractivity (Wildman–Crippen MR) is 72.4 cm³/mol. The quantitative estimate of drug-likeness (QED) is 0.298. The highest BCUT2D eigenvalue weighted by atomic mass is 16.4. The molecule has 0 atom stereocenters. The molecule has 0 spiro atoms. The van der Waals surface area contributed by atoms with Crippen molar-refractivity contribution in [1.29, 1.82) is 0 Å². The van der Waals surface area contributed by atoms with Gasteiger partial charge in [0.15, 0.2) is 5.78 Å². The van der Waals surface area contributed by atoms with Gasteiger partial charge in [0, 0.05) is 6.42 Å². The normalized spacial score (nSPS) is 18.0. The Bertz CT molecular complexity index is 246. The first kappa shape index (κ1) is 15.2. The minimum Gasteiger partial charge on any atom is -0.411 e. The third-order valence-electron chi connectivity index (χ3n) is 3.72. The van der Waals surface area contributed by atoms with Crippen molar-refractivity contribution in [2.75, 3.05) is 19.6 Å². The average molecular weight is 255 g/mol. The SMILES string of the molecule is O=C(C=NO)CCCCCC[NH+]1CCCCCC1. The first-order chi connectivity index (χ1) is 8.83. The summed E-state index contributed by atoms with van der Waals surface area (Å²) in [5, 5.41) is 10.9. The summed E-state index contributed by atoms with van der Waals surface area (Å²) in [4.78, 5) is 12.8. The molecule has 1 heterocycles. The van der Waals surface area contributed by atoms with Gasteiger partial charge >= 0.3 is 0 Å². The lowest BCUT2D eigenvalue weighted by Gasteiger charge is -2.16. The molecule has 0 saturated carbocycles. The first-order valence-electron chi connectivity index (χ1n) is 7.37. The highest BCUT2D eigenvalue weighted by Gasteiger charge is 2.11. The zero-order valence-corrected chi connectivity index (χ0v) is 11.4. The molecule has 1 fully saturated rings. The Morgan fingerprint density at radius 1 is 1.06 bits per heavy atom. The van der Waals surface area contributed by atoms with Crippen molar-refractivity contribution in [3.8, 4) is 0 Å². The van der Waals surface area contributed by atoms with Gasteiger partial charge in [-0.05, 0) is 44.9 Å². The maximum absolute atomic E-state index is 11.0. The van der Waals surface area contributed by atoms with Crippen LogP contribution in [-0.2, 0) is 4.79 Å². The number of ketones is 1. The van der Waals surface area contributed by atoms with Crippen LogP contribution in [-0.4, -0.2) is 36.8 Å². The number of hydrogen-bond acceptors (Lipinski definition) is 3. The van der Waals surface area contributed by atoms with Crippen molar-refractivity contribution in [3.05, 3.63) is 0 Å². The maximum Gasteiger partial charge on any atom is 0.177 e. The van der Waals surface area contributed by atoms with Crippen molar-refractivity contribution in [1.82, 2.24) is 0 Å². The minimum atomic E-state index is -0.0735. The van der Waals surface area contributed by atoms with Crippen LogP contribution in [0, 0.1) is 0 Å². The molecule has 104 valence electrons. The number of nitrogens with one attached hydrogen (secondary N) is 1. The van der Waals surface area contributed by atoms with Gasteiger partial charge < -0.3 is 10.1 Å². The Morgan fingerprint density at radius 2 is 1.72 bits per heavy atom. The third-order valence-corrected chi connectivity index (χ3v) is 3.72. The molecule has 1 saturated heterocycles. The second-order valence-corrected chi connectivity index (χ2v) is 5.29. The molecule has 0 aromatic carbocycles. The van der Waals surface area contributed by atoms with Crippen molar-refractivity contribution in [3.63, 3.8) is 0 Å². The minimum absolute atomic E-state index is 0.0735. The van der Waals surface area contributed by atoms with Gasteiger partial charge in [0.05, 0.1) is 19.6 Å². The summed E-state index contributed by atoms with van der Waals surface area (Å²) in [6.07, 6.45) is 11.6. The fraction of sp³-hybridized carbons (Fsp3) is 0.857. The molecule has 2 N–H and O–H groups in total. The highest BCUT2D eigenvalue weighted by molar-refractivity contribution is 6.27. The number of likely N-dealkylation sites (tertiary alicyclic amines) is 1. The Morgan fingerprint density at radius 3 is 2.39 bits per heavy atom. The fourth-order valence-corrected chi connectivity index (χ4v) is 2.64. The van der Waals surface area contributed by atoms with Crippen LogP contribution in [0.5, 0.6) is 0 Å². The van der Waals surface area contributed by atoms with Crippen LogP contribution in [0.1, 0.15) is 57.8 Å². The standard InChI is InChI=1S/C14H26N2O2/c17-14(13-15-18)9-5-1-2-6-10-16-11-7-3-4-8-12-16/h13,18H,1-12H2/p+1. The summed E-state index contributed by atoms with van der Waals surface area (Å²) in [5.41, 5.74) is 0. The van der Waals surface area contributed by atoms with Gasteiger partial charge in [0.2, 0.25) is 0 Å². The van der Waals surface area contributed by atoms with E-state index in [1.54, 1.807) is 4.90 Å². The summed E-state index contributed by atoms with van der Waals surface area (Å²) < 4.78 is 0. The predicted octanol–water partition coefficient (Wildman–Crippen LogP) is 1.42. The molecule has 1 rings (SSSR count). The molecule has 1 aliphatic rings. The number of hydrogen-bond donors (Lipinski definition) is 2. The smallest absolute Gasteiger partial charge is 0.177 e. The number of oxime groups is 1. The molecule has 0 aromatic rings. The van der Waals surface area contributed by atoms with E-state index in [0.29, 0.717) is 6.42 Å². The highest BCUT2D eigenvalue weighted by Crippen LogP contribution is 2.03. The fourth-order valence-electron chi connectivity index (χ4n) is 2.64. The Kier molecular flexibility index (Phi) is 8.47. The molecule has 1 aliphatic heterocycles. The topological polar surface area (TPSA) is 54.1 Å². The van der Waals surface area contributed by atoms with Gasteiger partial charge in [-0.15, -0.1) is 0 Å². The summed E-state index contributed by atoms with van der Waals surface area (Å²) in [5.74, 6) is -0.0735. The van der Waals surface area contributed by atoms with Crippen LogP contribution in [0.4, 0.5) is 0 Å².